The summed E-state index contributed by atoms with van der Waals surface area (Å²) in [5, 5.41) is 9.11. The standard InChI is InChI=1S/C10H21N3O/c1-10(2,3)13-9(14)12-8-5-4-6-11-7-8/h8,11H,4-7H2,1-3H3,(H2,12,13,14)/t8-/m0/s1. The number of hydrogen-bond acceptors (Lipinski definition) is 2. The first-order valence-corrected chi connectivity index (χ1v) is 5.27. The van der Waals surface area contributed by atoms with E-state index in [-0.39, 0.29) is 17.6 Å². The number of carbonyl (C=O) groups is 1. The smallest absolute Gasteiger partial charge is 0.315 e. The molecule has 0 aromatic rings. The second-order valence-corrected chi connectivity index (χ2v) is 4.89. The lowest BCUT2D eigenvalue weighted by molar-refractivity contribution is 0.225. The third kappa shape index (κ3) is 4.46. The van der Waals surface area contributed by atoms with Crippen LogP contribution in [0.25, 0.3) is 0 Å². The predicted octanol–water partition coefficient (Wildman–Crippen LogP) is 0.836. The zero-order chi connectivity index (χ0) is 10.6. The Morgan fingerprint density at radius 3 is 2.64 bits per heavy atom. The second kappa shape index (κ2) is 4.64. The summed E-state index contributed by atoms with van der Waals surface area (Å²) in [6.45, 7) is 7.89. The molecule has 0 aliphatic carbocycles. The number of nitrogens with one attached hydrogen (secondary N) is 3. The molecule has 0 spiro atoms. The lowest BCUT2D eigenvalue weighted by atomic mass is 10.1. The summed E-state index contributed by atoms with van der Waals surface area (Å²) in [6.07, 6.45) is 2.21. The maximum atomic E-state index is 11.5. The van der Waals surface area contributed by atoms with Crippen molar-refractivity contribution < 1.29 is 4.79 Å². The van der Waals surface area contributed by atoms with Crippen molar-refractivity contribution in [2.24, 2.45) is 0 Å². The Bertz CT molecular complexity index is 192. The van der Waals surface area contributed by atoms with E-state index >= 15 is 0 Å². The molecule has 4 heteroatoms. The lowest BCUT2D eigenvalue weighted by Gasteiger charge is -2.27. The third-order valence-corrected chi connectivity index (χ3v) is 2.12. The van der Waals surface area contributed by atoms with Crippen LogP contribution in [0.15, 0.2) is 0 Å². The molecule has 3 N–H and O–H groups in total. The number of amides is 2. The average molecular weight is 199 g/mol. The molecule has 82 valence electrons. The van der Waals surface area contributed by atoms with Crippen LogP contribution in [0.1, 0.15) is 33.6 Å². The number of piperidine rings is 1. The molecule has 1 atom stereocenters. The van der Waals surface area contributed by atoms with Crippen LogP contribution in [0.5, 0.6) is 0 Å². The van der Waals surface area contributed by atoms with Gasteiger partial charge in [0.05, 0.1) is 0 Å². The Hall–Kier alpha value is -0.770. The van der Waals surface area contributed by atoms with Gasteiger partial charge < -0.3 is 16.0 Å². The first-order valence-electron chi connectivity index (χ1n) is 5.27. The molecule has 1 saturated heterocycles. The topological polar surface area (TPSA) is 53.2 Å². The molecule has 0 saturated carbocycles. The molecular weight excluding hydrogens is 178 g/mol. The fraction of sp³-hybridized carbons (Fsp3) is 0.900. The maximum absolute atomic E-state index is 11.5. The molecule has 1 heterocycles. The predicted molar refractivity (Wildman–Crippen MR) is 57.3 cm³/mol. The van der Waals surface area contributed by atoms with E-state index in [1.54, 1.807) is 0 Å². The third-order valence-electron chi connectivity index (χ3n) is 2.12. The van der Waals surface area contributed by atoms with E-state index in [1.165, 1.54) is 0 Å². The molecule has 0 radical (unpaired) electrons. The monoisotopic (exact) mass is 199 g/mol. The molecule has 14 heavy (non-hydrogen) atoms. The number of rotatable bonds is 1. The summed E-state index contributed by atoms with van der Waals surface area (Å²) in [5.41, 5.74) is -0.161. The molecule has 1 aliphatic rings. The summed E-state index contributed by atoms with van der Waals surface area (Å²) < 4.78 is 0. The van der Waals surface area contributed by atoms with Crippen molar-refractivity contribution in [3.05, 3.63) is 0 Å². The van der Waals surface area contributed by atoms with Crippen molar-refractivity contribution in [3.8, 4) is 0 Å². The Labute approximate surface area is 85.8 Å². The van der Waals surface area contributed by atoms with Gasteiger partial charge in [0, 0.05) is 18.1 Å². The van der Waals surface area contributed by atoms with Crippen molar-refractivity contribution in [2.75, 3.05) is 13.1 Å². The van der Waals surface area contributed by atoms with Gasteiger partial charge >= 0.3 is 6.03 Å². The molecule has 0 unspecified atom stereocenters. The normalized spacial score (nSPS) is 22.9. The van der Waals surface area contributed by atoms with Crippen molar-refractivity contribution in [2.45, 2.75) is 45.2 Å². The lowest BCUT2D eigenvalue weighted by Crippen LogP contribution is -2.53. The summed E-state index contributed by atoms with van der Waals surface area (Å²) in [7, 11) is 0. The van der Waals surface area contributed by atoms with Gasteiger partial charge in [-0.25, -0.2) is 4.79 Å². The minimum absolute atomic E-state index is 0.0637. The highest BCUT2D eigenvalue weighted by molar-refractivity contribution is 5.75. The van der Waals surface area contributed by atoms with E-state index in [0.29, 0.717) is 0 Å². The largest absolute Gasteiger partial charge is 0.334 e. The van der Waals surface area contributed by atoms with Gasteiger partial charge in [0.2, 0.25) is 0 Å². The summed E-state index contributed by atoms with van der Waals surface area (Å²) in [6, 6.07) is 0.220. The Morgan fingerprint density at radius 1 is 1.43 bits per heavy atom. The van der Waals surface area contributed by atoms with Crippen molar-refractivity contribution >= 4 is 6.03 Å². The highest BCUT2D eigenvalue weighted by atomic mass is 16.2. The van der Waals surface area contributed by atoms with Crippen molar-refractivity contribution in [3.63, 3.8) is 0 Å². The molecule has 1 aliphatic heterocycles. The highest BCUT2D eigenvalue weighted by Gasteiger charge is 2.18. The van der Waals surface area contributed by atoms with Crippen LogP contribution < -0.4 is 16.0 Å². The van der Waals surface area contributed by atoms with E-state index in [1.807, 2.05) is 20.8 Å². The number of urea groups is 1. The van der Waals surface area contributed by atoms with Gasteiger partial charge in [-0.1, -0.05) is 0 Å². The summed E-state index contributed by atoms with van der Waals surface area (Å²) in [4.78, 5) is 11.5. The zero-order valence-corrected chi connectivity index (χ0v) is 9.31. The highest BCUT2D eigenvalue weighted by Crippen LogP contribution is 2.02. The Kier molecular flexibility index (Phi) is 3.75. The average Bonchev–Trinajstić information content (AvgIpc) is 2.02. The molecule has 1 rings (SSSR count). The quantitative estimate of drug-likeness (QED) is 0.586. The van der Waals surface area contributed by atoms with E-state index < -0.39 is 0 Å². The number of carbonyl (C=O) groups excluding carboxylic acids is 1. The molecular formula is C10H21N3O. The fourth-order valence-corrected chi connectivity index (χ4v) is 1.54. The van der Waals surface area contributed by atoms with Gasteiger partial charge in [-0.05, 0) is 40.2 Å². The molecule has 0 aromatic carbocycles. The van der Waals surface area contributed by atoms with E-state index in [9.17, 15) is 4.79 Å². The van der Waals surface area contributed by atoms with Gasteiger partial charge in [0.1, 0.15) is 0 Å². The van der Waals surface area contributed by atoms with Gasteiger partial charge in [-0.2, -0.15) is 0 Å². The maximum Gasteiger partial charge on any atom is 0.315 e. The zero-order valence-electron chi connectivity index (χ0n) is 9.31. The van der Waals surface area contributed by atoms with E-state index in [2.05, 4.69) is 16.0 Å². The second-order valence-electron chi connectivity index (χ2n) is 4.89. The van der Waals surface area contributed by atoms with Gasteiger partial charge in [0.25, 0.3) is 0 Å². The molecule has 4 nitrogen and oxygen atoms in total. The van der Waals surface area contributed by atoms with Crippen molar-refractivity contribution in [1.82, 2.24) is 16.0 Å². The van der Waals surface area contributed by atoms with Gasteiger partial charge in [-0.3, -0.25) is 0 Å². The van der Waals surface area contributed by atoms with Crippen molar-refractivity contribution in [1.29, 1.82) is 0 Å². The molecule has 1 fully saturated rings. The first kappa shape index (κ1) is 11.3. The van der Waals surface area contributed by atoms with Crippen LogP contribution in [0, 0.1) is 0 Å². The summed E-state index contributed by atoms with van der Waals surface area (Å²) >= 11 is 0. The van der Waals surface area contributed by atoms with Crippen LogP contribution in [-0.2, 0) is 0 Å². The Balaban J connectivity index is 2.25. The van der Waals surface area contributed by atoms with Crippen LogP contribution in [-0.4, -0.2) is 30.7 Å². The van der Waals surface area contributed by atoms with E-state index in [4.69, 9.17) is 0 Å². The SMILES string of the molecule is CC(C)(C)NC(=O)N[C@H]1CCCNC1. The molecule has 2 amide bonds. The van der Waals surface area contributed by atoms with Gasteiger partial charge in [0.15, 0.2) is 0 Å². The minimum atomic E-state index is -0.161. The molecule has 0 aromatic heterocycles. The van der Waals surface area contributed by atoms with Crippen LogP contribution in [0.2, 0.25) is 0 Å². The van der Waals surface area contributed by atoms with Crippen LogP contribution in [0.4, 0.5) is 4.79 Å². The first-order chi connectivity index (χ1) is 6.47. The molecule has 0 bridgehead atoms. The number of hydrogen-bond donors (Lipinski definition) is 3. The minimum Gasteiger partial charge on any atom is -0.334 e. The Morgan fingerprint density at radius 2 is 2.14 bits per heavy atom. The van der Waals surface area contributed by atoms with Gasteiger partial charge in [-0.15, -0.1) is 0 Å². The van der Waals surface area contributed by atoms with E-state index in [0.717, 1.165) is 25.9 Å². The van der Waals surface area contributed by atoms with Crippen LogP contribution in [0.3, 0.4) is 0 Å². The fourth-order valence-electron chi connectivity index (χ4n) is 1.54. The van der Waals surface area contributed by atoms with Crippen LogP contribution >= 0.6 is 0 Å². The summed E-state index contributed by atoms with van der Waals surface area (Å²) in [5.74, 6) is 0.